The van der Waals surface area contributed by atoms with Crippen molar-refractivity contribution in [3.8, 4) is 0 Å². The Labute approximate surface area is 127 Å². The van der Waals surface area contributed by atoms with Gasteiger partial charge < -0.3 is 10.1 Å². The lowest BCUT2D eigenvalue weighted by Gasteiger charge is -2.36. The molecule has 1 aliphatic heterocycles. The minimum absolute atomic E-state index is 0.303. The van der Waals surface area contributed by atoms with Crippen molar-refractivity contribution in [1.82, 2.24) is 10.2 Å². The summed E-state index contributed by atoms with van der Waals surface area (Å²) in [5.41, 5.74) is 1.19. The highest BCUT2D eigenvalue weighted by Crippen LogP contribution is 2.25. The van der Waals surface area contributed by atoms with E-state index in [1.165, 1.54) is 5.56 Å². The summed E-state index contributed by atoms with van der Waals surface area (Å²) in [5.74, 6) is 0. The van der Waals surface area contributed by atoms with Crippen molar-refractivity contribution in [2.45, 2.75) is 38.5 Å². The van der Waals surface area contributed by atoms with Gasteiger partial charge in [-0.2, -0.15) is 0 Å². The number of rotatable bonds is 5. The van der Waals surface area contributed by atoms with Crippen LogP contribution in [0.5, 0.6) is 0 Å². The first-order chi connectivity index (χ1) is 9.60. The summed E-state index contributed by atoms with van der Waals surface area (Å²) >= 11 is 6.29. The lowest BCUT2D eigenvalue weighted by molar-refractivity contribution is -0.0685. The third-order valence-electron chi connectivity index (χ3n) is 3.86. The Kier molecular flexibility index (Phi) is 5.85. The quantitative estimate of drug-likeness (QED) is 0.903. The smallest absolute Gasteiger partial charge is 0.0678 e. The van der Waals surface area contributed by atoms with Crippen molar-refractivity contribution in [2.24, 2.45) is 0 Å². The van der Waals surface area contributed by atoms with Crippen molar-refractivity contribution >= 4 is 11.6 Å². The maximum atomic E-state index is 6.29. The molecule has 112 valence electrons. The largest absolute Gasteiger partial charge is 0.373 e. The van der Waals surface area contributed by atoms with Crippen LogP contribution in [-0.4, -0.2) is 43.8 Å². The van der Waals surface area contributed by atoms with E-state index in [0.29, 0.717) is 18.2 Å². The van der Waals surface area contributed by atoms with Gasteiger partial charge in [-0.15, -0.1) is 0 Å². The molecule has 3 nitrogen and oxygen atoms in total. The van der Waals surface area contributed by atoms with Crippen molar-refractivity contribution in [2.75, 3.05) is 26.7 Å². The first-order valence-corrected chi connectivity index (χ1v) is 7.77. The Balaban J connectivity index is 1.93. The molecular weight excluding hydrogens is 272 g/mol. The molecule has 1 heterocycles. The predicted octanol–water partition coefficient (Wildman–Crippen LogP) is 3.10. The van der Waals surface area contributed by atoms with E-state index >= 15 is 0 Å². The molecule has 2 rings (SSSR count). The van der Waals surface area contributed by atoms with Crippen molar-refractivity contribution in [3.05, 3.63) is 34.9 Å². The van der Waals surface area contributed by atoms with Gasteiger partial charge in [-0.05, 0) is 38.9 Å². The molecular formula is C16H25ClN2O. The van der Waals surface area contributed by atoms with Gasteiger partial charge in [0.1, 0.15) is 0 Å². The standard InChI is InChI=1S/C16H25ClN2O/c1-12-10-19(11-13(2)20-12)9-8-16(18-3)14-6-4-5-7-15(14)17/h4-7,12-13,16,18H,8-11H2,1-3H3/t12-,13+,16?. The highest BCUT2D eigenvalue weighted by Gasteiger charge is 2.23. The fraction of sp³-hybridized carbons (Fsp3) is 0.625. The molecule has 0 spiro atoms. The molecule has 0 saturated carbocycles. The van der Waals surface area contributed by atoms with Gasteiger partial charge in [-0.25, -0.2) is 0 Å². The molecule has 1 aromatic carbocycles. The lowest BCUT2D eigenvalue weighted by Crippen LogP contribution is -2.46. The topological polar surface area (TPSA) is 24.5 Å². The normalized spacial score (nSPS) is 25.6. The number of nitrogens with zero attached hydrogens (tertiary/aromatic N) is 1. The number of benzene rings is 1. The van der Waals surface area contributed by atoms with E-state index in [1.807, 2.05) is 25.2 Å². The molecule has 3 atom stereocenters. The molecule has 0 radical (unpaired) electrons. The van der Waals surface area contributed by atoms with Crippen LogP contribution in [0.1, 0.15) is 31.9 Å². The summed E-state index contributed by atoms with van der Waals surface area (Å²) in [5, 5.41) is 4.22. The summed E-state index contributed by atoms with van der Waals surface area (Å²) in [6.45, 7) is 7.39. The van der Waals surface area contributed by atoms with Crippen molar-refractivity contribution < 1.29 is 4.74 Å². The van der Waals surface area contributed by atoms with Crippen LogP contribution >= 0.6 is 11.6 Å². The second-order valence-corrected chi connectivity index (χ2v) is 6.08. The summed E-state index contributed by atoms with van der Waals surface area (Å²) in [7, 11) is 2.00. The number of hydrogen-bond donors (Lipinski definition) is 1. The second-order valence-electron chi connectivity index (χ2n) is 5.67. The molecule has 1 aliphatic rings. The number of hydrogen-bond acceptors (Lipinski definition) is 3. The van der Waals surface area contributed by atoms with Gasteiger partial charge in [0.15, 0.2) is 0 Å². The molecule has 4 heteroatoms. The molecule has 1 aromatic rings. The van der Waals surface area contributed by atoms with Gasteiger partial charge in [0, 0.05) is 30.7 Å². The fourth-order valence-corrected chi connectivity index (χ4v) is 3.26. The number of halogens is 1. The molecule has 1 saturated heterocycles. The Hall–Kier alpha value is -0.610. The van der Waals surface area contributed by atoms with Crippen LogP contribution in [0.15, 0.2) is 24.3 Å². The first kappa shape index (κ1) is 15.8. The van der Waals surface area contributed by atoms with Crippen LogP contribution in [0.25, 0.3) is 0 Å². The van der Waals surface area contributed by atoms with Gasteiger partial charge in [0.05, 0.1) is 12.2 Å². The first-order valence-electron chi connectivity index (χ1n) is 7.39. The van der Waals surface area contributed by atoms with E-state index in [-0.39, 0.29) is 0 Å². The Morgan fingerprint density at radius 3 is 2.55 bits per heavy atom. The zero-order valence-corrected chi connectivity index (χ0v) is 13.4. The molecule has 20 heavy (non-hydrogen) atoms. The molecule has 0 aliphatic carbocycles. The highest BCUT2D eigenvalue weighted by molar-refractivity contribution is 6.31. The average molecular weight is 297 g/mol. The SMILES string of the molecule is CNC(CCN1C[C@@H](C)O[C@@H](C)C1)c1ccccc1Cl. The maximum absolute atomic E-state index is 6.29. The average Bonchev–Trinajstić information content (AvgIpc) is 2.40. The van der Waals surface area contributed by atoms with Crippen molar-refractivity contribution in [3.63, 3.8) is 0 Å². The van der Waals surface area contributed by atoms with E-state index < -0.39 is 0 Å². The van der Waals surface area contributed by atoms with Gasteiger partial charge in [-0.1, -0.05) is 29.8 Å². The summed E-state index contributed by atoms with van der Waals surface area (Å²) in [4.78, 5) is 2.49. The summed E-state index contributed by atoms with van der Waals surface area (Å²) in [6.07, 6.45) is 1.71. The van der Waals surface area contributed by atoms with Gasteiger partial charge in [-0.3, -0.25) is 4.90 Å². The van der Waals surface area contributed by atoms with Crippen LogP contribution in [0, 0.1) is 0 Å². The fourth-order valence-electron chi connectivity index (χ4n) is 2.99. The summed E-state index contributed by atoms with van der Waals surface area (Å²) in [6, 6.07) is 8.39. The second kappa shape index (κ2) is 7.41. The Morgan fingerprint density at radius 2 is 1.95 bits per heavy atom. The van der Waals surface area contributed by atoms with Crippen molar-refractivity contribution in [1.29, 1.82) is 0 Å². The predicted molar refractivity (Wildman–Crippen MR) is 84.3 cm³/mol. The Morgan fingerprint density at radius 1 is 1.30 bits per heavy atom. The van der Waals surface area contributed by atoms with Gasteiger partial charge in [0.2, 0.25) is 0 Å². The van der Waals surface area contributed by atoms with Crippen LogP contribution < -0.4 is 5.32 Å². The molecule has 0 bridgehead atoms. The lowest BCUT2D eigenvalue weighted by atomic mass is 10.0. The minimum atomic E-state index is 0.303. The molecule has 1 unspecified atom stereocenters. The highest BCUT2D eigenvalue weighted by atomic mass is 35.5. The molecule has 0 aromatic heterocycles. The molecule has 0 amide bonds. The number of morpholine rings is 1. The van der Waals surface area contributed by atoms with Crippen LogP contribution in [0.2, 0.25) is 5.02 Å². The van der Waals surface area contributed by atoms with Gasteiger partial charge >= 0.3 is 0 Å². The van der Waals surface area contributed by atoms with Crippen LogP contribution in [0.4, 0.5) is 0 Å². The zero-order chi connectivity index (χ0) is 14.5. The third kappa shape index (κ3) is 4.19. The minimum Gasteiger partial charge on any atom is -0.373 e. The van der Waals surface area contributed by atoms with E-state index in [9.17, 15) is 0 Å². The molecule has 1 fully saturated rings. The van der Waals surface area contributed by atoms with E-state index in [1.54, 1.807) is 0 Å². The Bertz CT molecular complexity index is 417. The van der Waals surface area contributed by atoms with Crippen LogP contribution in [-0.2, 0) is 4.74 Å². The van der Waals surface area contributed by atoms with Crippen LogP contribution in [0.3, 0.4) is 0 Å². The molecule has 1 N–H and O–H groups in total. The number of ether oxygens (including phenoxy) is 1. The zero-order valence-electron chi connectivity index (χ0n) is 12.6. The third-order valence-corrected chi connectivity index (χ3v) is 4.20. The summed E-state index contributed by atoms with van der Waals surface area (Å²) < 4.78 is 5.77. The maximum Gasteiger partial charge on any atom is 0.0678 e. The van der Waals surface area contributed by atoms with E-state index in [2.05, 4.69) is 30.1 Å². The van der Waals surface area contributed by atoms with E-state index in [4.69, 9.17) is 16.3 Å². The van der Waals surface area contributed by atoms with E-state index in [0.717, 1.165) is 31.1 Å². The number of nitrogens with one attached hydrogen (secondary N) is 1. The van der Waals surface area contributed by atoms with Gasteiger partial charge in [0.25, 0.3) is 0 Å². The monoisotopic (exact) mass is 296 g/mol.